The number of anilines is 1. The summed E-state index contributed by atoms with van der Waals surface area (Å²) in [6.45, 7) is 8.08. The standard InChI is InChI=1S/C15H17N3/c1-9-6-5-7-14(10(9)2)18-12(4)11(3)13(8-16)15(18)17/h5-7H,17H2,1-4H3. The number of nitriles is 1. The van der Waals surface area contributed by atoms with Gasteiger partial charge >= 0.3 is 0 Å². The molecule has 0 amide bonds. The largest absolute Gasteiger partial charge is 0.384 e. The Kier molecular flexibility index (Phi) is 2.88. The van der Waals surface area contributed by atoms with Gasteiger partial charge in [0.05, 0.1) is 11.3 Å². The second kappa shape index (κ2) is 4.23. The highest BCUT2D eigenvalue weighted by molar-refractivity contribution is 5.63. The van der Waals surface area contributed by atoms with Gasteiger partial charge in [0.15, 0.2) is 0 Å². The Bertz CT molecular complexity index is 657. The van der Waals surface area contributed by atoms with Crippen molar-refractivity contribution in [2.45, 2.75) is 27.7 Å². The Morgan fingerprint density at radius 2 is 1.78 bits per heavy atom. The summed E-state index contributed by atoms with van der Waals surface area (Å²) in [5.74, 6) is 0.529. The lowest BCUT2D eigenvalue weighted by Gasteiger charge is -2.13. The van der Waals surface area contributed by atoms with Gasteiger partial charge in [0.25, 0.3) is 0 Å². The Morgan fingerprint density at radius 1 is 1.11 bits per heavy atom. The van der Waals surface area contributed by atoms with Crippen molar-refractivity contribution in [1.82, 2.24) is 4.57 Å². The molecule has 0 fully saturated rings. The molecule has 0 aliphatic carbocycles. The summed E-state index contributed by atoms with van der Waals surface area (Å²) in [6.07, 6.45) is 0. The maximum Gasteiger partial charge on any atom is 0.126 e. The monoisotopic (exact) mass is 239 g/mol. The molecule has 1 aromatic carbocycles. The number of nitrogen functional groups attached to an aromatic ring is 1. The van der Waals surface area contributed by atoms with Crippen LogP contribution in [0.25, 0.3) is 5.69 Å². The fourth-order valence-electron chi connectivity index (χ4n) is 2.26. The number of hydrogen-bond acceptors (Lipinski definition) is 2. The summed E-state index contributed by atoms with van der Waals surface area (Å²) in [4.78, 5) is 0. The van der Waals surface area contributed by atoms with E-state index >= 15 is 0 Å². The van der Waals surface area contributed by atoms with Gasteiger partial charge < -0.3 is 5.73 Å². The third-order valence-electron chi connectivity index (χ3n) is 3.68. The lowest BCUT2D eigenvalue weighted by molar-refractivity contribution is 0.998. The molecule has 2 N–H and O–H groups in total. The minimum atomic E-state index is 0.529. The van der Waals surface area contributed by atoms with Gasteiger partial charge in [-0.3, -0.25) is 4.57 Å². The number of aromatic nitrogens is 1. The molecule has 0 saturated carbocycles. The first-order valence-electron chi connectivity index (χ1n) is 5.93. The van der Waals surface area contributed by atoms with Crippen molar-refractivity contribution in [2.75, 3.05) is 5.73 Å². The molecule has 2 rings (SSSR count). The first-order valence-corrected chi connectivity index (χ1v) is 5.93. The number of hydrogen-bond donors (Lipinski definition) is 1. The average Bonchev–Trinajstić information content (AvgIpc) is 2.55. The van der Waals surface area contributed by atoms with Crippen molar-refractivity contribution in [3.8, 4) is 11.8 Å². The first kappa shape index (κ1) is 12.3. The van der Waals surface area contributed by atoms with Gasteiger partial charge in [-0.05, 0) is 50.5 Å². The van der Waals surface area contributed by atoms with Crippen LogP contribution >= 0.6 is 0 Å². The maximum absolute atomic E-state index is 9.16. The molecule has 18 heavy (non-hydrogen) atoms. The summed E-state index contributed by atoms with van der Waals surface area (Å²) in [5, 5.41) is 9.16. The molecule has 0 atom stereocenters. The van der Waals surface area contributed by atoms with E-state index in [2.05, 4.69) is 26.0 Å². The third kappa shape index (κ3) is 1.58. The molecule has 1 heterocycles. The zero-order valence-electron chi connectivity index (χ0n) is 11.2. The molecule has 0 radical (unpaired) electrons. The van der Waals surface area contributed by atoms with Gasteiger partial charge in [0, 0.05) is 5.69 Å². The predicted molar refractivity (Wildman–Crippen MR) is 73.8 cm³/mol. The van der Waals surface area contributed by atoms with Crippen LogP contribution in [0.2, 0.25) is 0 Å². The molecular formula is C15H17N3. The first-order chi connectivity index (χ1) is 8.49. The van der Waals surface area contributed by atoms with E-state index in [9.17, 15) is 0 Å². The van der Waals surface area contributed by atoms with Gasteiger partial charge in [-0.1, -0.05) is 12.1 Å². The smallest absolute Gasteiger partial charge is 0.126 e. The normalized spacial score (nSPS) is 10.4. The molecule has 2 aromatic rings. The van der Waals surface area contributed by atoms with E-state index in [-0.39, 0.29) is 0 Å². The van der Waals surface area contributed by atoms with Crippen LogP contribution in [0.1, 0.15) is 27.9 Å². The van der Waals surface area contributed by atoms with Gasteiger partial charge in [-0.2, -0.15) is 5.26 Å². The van der Waals surface area contributed by atoms with E-state index in [0.29, 0.717) is 11.4 Å². The van der Waals surface area contributed by atoms with Gasteiger partial charge in [-0.15, -0.1) is 0 Å². The highest BCUT2D eigenvalue weighted by atomic mass is 15.1. The quantitative estimate of drug-likeness (QED) is 0.831. The van der Waals surface area contributed by atoms with E-state index in [4.69, 9.17) is 11.0 Å². The van der Waals surface area contributed by atoms with Crippen molar-refractivity contribution in [3.05, 3.63) is 46.1 Å². The molecule has 1 aromatic heterocycles. The zero-order valence-corrected chi connectivity index (χ0v) is 11.2. The molecule has 0 saturated heterocycles. The van der Waals surface area contributed by atoms with Crippen LogP contribution in [0, 0.1) is 39.0 Å². The molecule has 3 heteroatoms. The summed E-state index contributed by atoms with van der Waals surface area (Å²) in [5.41, 5.74) is 12.1. The fraction of sp³-hybridized carbons (Fsp3) is 0.267. The summed E-state index contributed by atoms with van der Waals surface area (Å²) >= 11 is 0. The molecule has 3 nitrogen and oxygen atoms in total. The summed E-state index contributed by atoms with van der Waals surface area (Å²) in [7, 11) is 0. The highest BCUT2D eigenvalue weighted by Gasteiger charge is 2.17. The molecule has 0 aliphatic rings. The van der Waals surface area contributed by atoms with Crippen LogP contribution in [-0.2, 0) is 0 Å². The Morgan fingerprint density at radius 3 is 2.33 bits per heavy atom. The van der Waals surface area contributed by atoms with Crippen LogP contribution in [0.15, 0.2) is 18.2 Å². The molecule has 0 aliphatic heterocycles. The predicted octanol–water partition coefficient (Wildman–Crippen LogP) is 3.16. The van der Waals surface area contributed by atoms with Crippen molar-refractivity contribution < 1.29 is 0 Å². The molecular weight excluding hydrogens is 222 g/mol. The van der Waals surface area contributed by atoms with E-state index in [0.717, 1.165) is 16.9 Å². The maximum atomic E-state index is 9.16. The van der Waals surface area contributed by atoms with Crippen LogP contribution < -0.4 is 5.73 Å². The zero-order chi connectivity index (χ0) is 13.4. The van der Waals surface area contributed by atoms with Crippen LogP contribution in [0.5, 0.6) is 0 Å². The topological polar surface area (TPSA) is 54.7 Å². The Balaban J connectivity index is 2.81. The van der Waals surface area contributed by atoms with Crippen molar-refractivity contribution in [2.24, 2.45) is 0 Å². The Hall–Kier alpha value is -2.21. The highest BCUT2D eigenvalue weighted by Crippen LogP contribution is 2.29. The number of nitrogens with zero attached hydrogens (tertiary/aromatic N) is 2. The molecule has 92 valence electrons. The minimum absolute atomic E-state index is 0.529. The van der Waals surface area contributed by atoms with Gasteiger partial charge in [-0.25, -0.2) is 0 Å². The molecule has 0 unspecified atom stereocenters. The molecule has 0 bridgehead atoms. The number of rotatable bonds is 1. The van der Waals surface area contributed by atoms with E-state index in [1.165, 1.54) is 11.1 Å². The van der Waals surface area contributed by atoms with Crippen molar-refractivity contribution in [1.29, 1.82) is 5.26 Å². The van der Waals surface area contributed by atoms with Crippen LogP contribution in [0.4, 0.5) is 5.82 Å². The average molecular weight is 239 g/mol. The lowest BCUT2D eigenvalue weighted by atomic mass is 10.1. The number of aryl methyl sites for hydroxylation is 1. The summed E-state index contributed by atoms with van der Waals surface area (Å²) in [6, 6.07) is 8.30. The van der Waals surface area contributed by atoms with Gasteiger partial charge in [0.2, 0.25) is 0 Å². The van der Waals surface area contributed by atoms with E-state index in [1.807, 2.05) is 30.5 Å². The van der Waals surface area contributed by atoms with Crippen LogP contribution in [-0.4, -0.2) is 4.57 Å². The van der Waals surface area contributed by atoms with E-state index in [1.54, 1.807) is 0 Å². The Labute approximate surface area is 107 Å². The second-order valence-corrected chi connectivity index (χ2v) is 4.64. The summed E-state index contributed by atoms with van der Waals surface area (Å²) < 4.78 is 1.97. The fourth-order valence-corrected chi connectivity index (χ4v) is 2.26. The van der Waals surface area contributed by atoms with Crippen molar-refractivity contribution in [3.63, 3.8) is 0 Å². The lowest BCUT2D eigenvalue weighted by Crippen LogP contribution is -2.05. The van der Waals surface area contributed by atoms with Crippen molar-refractivity contribution >= 4 is 5.82 Å². The minimum Gasteiger partial charge on any atom is -0.384 e. The van der Waals surface area contributed by atoms with E-state index < -0.39 is 0 Å². The number of nitrogens with two attached hydrogens (primary N) is 1. The number of benzene rings is 1. The SMILES string of the molecule is Cc1cccc(-n2c(C)c(C)c(C#N)c2N)c1C. The van der Waals surface area contributed by atoms with Gasteiger partial charge in [0.1, 0.15) is 11.9 Å². The second-order valence-electron chi connectivity index (χ2n) is 4.64. The van der Waals surface area contributed by atoms with Crippen LogP contribution in [0.3, 0.4) is 0 Å². The third-order valence-corrected chi connectivity index (χ3v) is 3.68. The molecule has 0 spiro atoms.